The molecule has 1 aromatic carbocycles. The Balaban J connectivity index is 1.87. The van der Waals surface area contributed by atoms with E-state index in [2.05, 4.69) is 26.8 Å². The number of halogens is 1. The van der Waals surface area contributed by atoms with Crippen LogP contribution in [-0.4, -0.2) is 70.2 Å². The van der Waals surface area contributed by atoms with Gasteiger partial charge in [-0.05, 0) is 38.5 Å². The lowest BCUT2D eigenvalue weighted by molar-refractivity contribution is 0.0822. The average molecular weight is 550 g/mol. The number of amides is 1. The van der Waals surface area contributed by atoms with E-state index >= 15 is 0 Å². The lowest BCUT2D eigenvalue weighted by atomic mass is 9.94. The summed E-state index contributed by atoms with van der Waals surface area (Å²) >= 11 is 6.81. The zero-order valence-electron chi connectivity index (χ0n) is 22.9. The number of aliphatic hydroxyl groups is 1. The Hall–Kier alpha value is -3.91. The Kier molecular flexibility index (Phi) is 8.25. The fourth-order valence-electron chi connectivity index (χ4n) is 4.80. The molecule has 1 aliphatic rings. The second-order valence-corrected chi connectivity index (χ2v) is 9.72. The van der Waals surface area contributed by atoms with Crippen molar-refractivity contribution in [3.8, 4) is 28.7 Å². The fourth-order valence-corrected chi connectivity index (χ4v) is 5.01. The number of nitrogens with two attached hydrogens (primary N) is 1. The molecule has 1 aliphatic heterocycles. The lowest BCUT2D eigenvalue weighted by Gasteiger charge is -2.35. The summed E-state index contributed by atoms with van der Waals surface area (Å²) in [5.41, 5.74) is 10.5. The van der Waals surface area contributed by atoms with Gasteiger partial charge in [-0.15, -0.1) is 0 Å². The molecule has 0 fully saturated rings. The highest BCUT2D eigenvalue weighted by Crippen LogP contribution is 2.48. The van der Waals surface area contributed by atoms with E-state index in [9.17, 15) is 9.90 Å². The van der Waals surface area contributed by atoms with Crippen LogP contribution in [0.25, 0.3) is 11.1 Å². The first kappa shape index (κ1) is 28.1. The van der Waals surface area contributed by atoms with Crippen LogP contribution in [0.2, 0.25) is 5.02 Å². The molecule has 1 amide bonds. The van der Waals surface area contributed by atoms with Crippen LogP contribution in [-0.2, 0) is 0 Å². The average Bonchev–Trinajstić information content (AvgIpc) is 3.20. The van der Waals surface area contributed by atoms with Gasteiger partial charge in [0.15, 0.2) is 5.82 Å². The number of hydrazine groups is 1. The Morgan fingerprint density at radius 2 is 2.05 bits per heavy atom. The van der Waals surface area contributed by atoms with Crippen molar-refractivity contribution >= 4 is 29.1 Å². The van der Waals surface area contributed by atoms with E-state index < -0.39 is 6.04 Å². The minimum Gasteiger partial charge on any atom is -0.493 e. The number of carbonyl (C=O) groups excluding carboxylic acids is 1. The van der Waals surface area contributed by atoms with Gasteiger partial charge in [-0.25, -0.2) is 15.0 Å². The molecule has 0 spiro atoms. The van der Waals surface area contributed by atoms with Gasteiger partial charge in [-0.3, -0.25) is 14.8 Å². The summed E-state index contributed by atoms with van der Waals surface area (Å²) in [7, 11) is 5.26. The summed E-state index contributed by atoms with van der Waals surface area (Å²) in [6.07, 6.45) is 3.08. The zero-order chi connectivity index (χ0) is 28.4. The van der Waals surface area contributed by atoms with Crippen LogP contribution < -0.4 is 15.5 Å². The first-order valence-electron chi connectivity index (χ1n) is 12.5. The first-order valence-corrected chi connectivity index (χ1v) is 12.9. The highest BCUT2D eigenvalue weighted by molar-refractivity contribution is 6.32. The van der Waals surface area contributed by atoms with Crippen LogP contribution >= 0.6 is 11.6 Å². The third-order valence-electron chi connectivity index (χ3n) is 6.70. The molecule has 3 aromatic rings. The maximum Gasteiger partial charge on any atom is 0.271 e. The normalized spacial score (nSPS) is 15.4. The van der Waals surface area contributed by atoms with Crippen LogP contribution in [0.15, 0.2) is 30.7 Å². The van der Waals surface area contributed by atoms with E-state index in [0.717, 1.165) is 22.3 Å². The molecule has 10 nitrogen and oxygen atoms in total. The number of hydrogen-bond donors (Lipinski definition) is 2. The monoisotopic (exact) mass is 549 g/mol. The number of aliphatic hydroxyl groups excluding tert-OH is 1. The SMILES string of the molecule is CCOc1c(C(C)N2c3ncnc(N)c3C(C#CCO)N2C)cc(Cl)c(C)c1-c1ccc(C(=O)N(C)C)nc1. The number of fused-ring (bicyclic) bond motifs is 1. The molecule has 0 aliphatic carbocycles. The van der Waals surface area contributed by atoms with Gasteiger partial charge < -0.3 is 20.5 Å². The largest absolute Gasteiger partial charge is 0.493 e. The molecule has 2 atom stereocenters. The Labute approximate surface area is 233 Å². The number of nitrogen functional groups attached to an aromatic ring is 1. The van der Waals surface area contributed by atoms with E-state index in [-0.39, 0.29) is 18.6 Å². The van der Waals surface area contributed by atoms with Crippen molar-refractivity contribution in [2.24, 2.45) is 0 Å². The van der Waals surface area contributed by atoms with Crippen molar-refractivity contribution in [3.63, 3.8) is 0 Å². The molecule has 0 saturated heterocycles. The molecule has 0 bridgehead atoms. The van der Waals surface area contributed by atoms with Crippen LogP contribution in [0.1, 0.15) is 53.1 Å². The third kappa shape index (κ3) is 5.08. The van der Waals surface area contributed by atoms with Crippen LogP contribution in [0.4, 0.5) is 11.6 Å². The molecule has 204 valence electrons. The van der Waals surface area contributed by atoms with Crippen LogP contribution in [0.3, 0.4) is 0 Å². The van der Waals surface area contributed by atoms with Crippen molar-refractivity contribution in [1.82, 2.24) is 24.9 Å². The quantitative estimate of drug-likeness (QED) is 0.444. The van der Waals surface area contributed by atoms with Crippen molar-refractivity contribution in [2.75, 3.05) is 45.1 Å². The lowest BCUT2D eigenvalue weighted by Crippen LogP contribution is -2.39. The summed E-state index contributed by atoms with van der Waals surface area (Å²) in [5.74, 6) is 7.21. The standard InChI is InChI=1S/C28H32ClN7O3/c1-7-39-25-19(13-20(29)16(2)23(25)18-10-11-21(31-14-18)28(38)34(4)5)17(3)36-27-24(26(30)32-15-33-27)22(35(36)6)9-8-12-37/h10-11,13-15,17,22,37H,7,12H2,1-6H3,(H2,30,32,33). The van der Waals surface area contributed by atoms with Crippen molar-refractivity contribution in [2.45, 2.75) is 32.9 Å². The molecule has 0 saturated carbocycles. The number of hydrogen-bond acceptors (Lipinski definition) is 9. The van der Waals surface area contributed by atoms with Gasteiger partial charge >= 0.3 is 0 Å². The van der Waals surface area contributed by atoms with Gasteiger partial charge in [0, 0.05) is 49.1 Å². The van der Waals surface area contributed by atoms with Gasteiger partial charge in [0.25, 0.3) is 5.91 Å². The van der Waals surface area contributed by atoms with Gasteiger partial charge in [0.05, 0.1) is 18.2 Å². The van der Waals surface area contributed by atoms with Crippen molar-refractivity contribution in [1.29, 1.82) is 0 Å². The predicted molar refractivity (Wildman–Crippen MR) is 151 cm³/mol. The van der Waals surface area contributed by atoms with E-state index in [1.807, 2.05) is 50.0 Å². The number of anilines is 2. The molecular weight excluding hydrogens is 518 g/mol. The summed E-state index contributed by atoms with van der Waals surface area (Å²) in [6, 6.07) is 4.69. The number of ether oxygens (including phenoxy) is 1. The maximum atomic E-state index is 12.4. The smallest absolute Gasteiger partial charge is 0.271 e. The minimum atomic E-state index is -0.447. The number of benzene rings is 1. The second kappa shape index (κ2) is 11.5. The summed E-state index contributed by atoms with van der Waals surface area (Å²) in [4.78, 5) is 27.0. The zero-order valence-corrected chi connectivity index (χ0v) is 23.6. The summed E-state index contributed by atoms with van der Waals surface area (Å²) in [5, 5.41) is 13.8. The Bertz CT molecular complexity index is 1450. The van der Waals surface area contributed by atoms with E-state index in [0.29, 0.717) is 40.3 Å². The number of nitrogens with zero attached hydrogens (tertiary/aromatic N) is 6. The third-order valence-corrected chi connectivity index (χ3v) is 7.10. The van der Waals surface area contributed by atoms with Gasteiger partial charge in [0.2, 0.25) is 0 Å². The molecule has 4 rings (SSSR count). The van der Waals surface area contributed by atoms with E-state index in [1.165, 1.54) is 11.2 Å². The van der Waals surface area contributed by atoms with Crippen LogP contribution in [0, 0.1) is 18.8 Å². The van der Waals surface area contributed by atoms with E-state index in [4.69, 9.17) is 22.1 Å². The van der Waals surface area contributed by atoms with Gasteiger partial charge in [0.1, 0.15) is 36.2 Å². The predicted octanol–water partition coefficient (Wildman–Crippen LogP) is 3.65. The molecular formula is C28H32ClN7O3. The van der Waals surface area contributed by atoms with Gasteiger partial charge in [-0.1, -0.05) is 29.5 Å². The first-order chi connectivity index (χ1) is 18.6. The molecule has 3 N–H and O–H groups in total. The number of carbonyl (C=O) groups is 1. The molecule has 39 heavy (non-hydrogen) atoms. The van der Waals surface area contributed by atoms with Gasteiger partial charge in [-0.2, -0.15) is 0 Å². The molecule has 11 heteroatoms. The topological polar surface area (TPSA) is 121 Å². The fraction of sp³-hybridized carbons (Fsp3) is 0.357. The van der Waals surface area contributed by atoms with Crippen molar-refractivity contribution < 1.29 is 14.6 Å². The highest BCUT2D eigenvalue weighted by Gasteiger charge is 2.40. The number of aromatic nitrogens is 3. The van der Waals surface area contributed by atoms with E-state index in [1.54, 1.807) is 26.4 Å². The highest BCUT2D eigenvalue weighted by atomic mass is 35.5. The number of rotatable bonds is 6. The Morgan fingerprint density at radius 1 is 1.31 bits per heavy atom. The van der Waals surface area contributed by atoms with Crippen molar-refractivity contribution in [3.05, 3.63) is 58.1 Å². The molecule has 3 heterocycles. The minimum absolute atomic E-state index is 0.181. The van der Waals surface area contributed by atoms with Crippen LogP contribution in [0.5, 0.6) is 5.75 Å². The number of pyridine rings is 1. The molecule has 2 unspecified atom stereocenters. The Morgan fingerprint density at radius 3 is 2.67 bits per heavy atom. The molecule has 0 radical (unpaired) electrons. The molecule has 2 aromatic heterocycles. The second-order valence-electron chi connectivity index (χ2n) is 9.31. The maximum absolute atomic E-state index is 12.4. The summed E-state index contributed by atoms with van der Waals surface area (Å²) in [6.45, 7) is 6.01. The summed E-state index contributed by atoms with van der Waals surface area (Å²) < 4.78 is 6.27.